The fourth-order valence-corrected chi connectivity index (χ4v) is 3.33. The van der Waals surface area contributed by atoms with Crippen LogP contribution in [-0.4, -0.2) is 43.2 Å². The molecule has 0 radical (unpaired) electrons. The van der Waals surface area contributed by atoms with Crippen LogP contribution in [0.1, 0.15) is 5.56 Å². The molecule has 0 saturated heterocycles. The lowest BCUT2D eigenvalue weighted by molar-refractivity contribution is -0.111. The third-order valence-electron chi connectivity index (χ3n) is 4.26. The van der Waals surface area contributed by atoms with Crippen LogP contribution < -0.4 is 19.5 Å². The van der Waals surface area contributed by atoms with Crippen LogP contribution in [0, 0.1) is 0 Å². The summed E-state index contributed by atoms with van der Waals surface area (Å²) in [6.45, 7) is 3.67. The minimum Gasteiger partial charge on any atom is -0.493 e. The van der Waals surface area contributed by atoms with E-state index in [1.54, 1.807) is 36.4 Å². The summed E-state index contributed by atoms with van der Waals surface area (Å²) in [6, 6.07) is 10.7. The number of carbonyl (C=O) groups is 1. The Morgan fingerprint density at radius 3 is 2.50 bits per heavy atom. The van der Waals surface area contributed by atoms with Gasteiger partial charge in [0.05, 0.1) is 32.6 Å². The maximum absolute atomic E-state index is 12.6. The average molecular weight is 454 g/mol. The number of rotatable bonds is 10. The first-order chi connectivity index (χ1) is 15.6. The topological polar surface area (TPSA) is 95.7 Å². The number of methoxy groups -OCH3 is 3. The number of thioether (sulfide) groups is 1. The number of benzene rings is 2. The molecule has 0 spiro atoms. The molecule has 0 atom stereocenters. The van der Waals surface area contributed by atoms with Crippen LogP contribution >= 0.6 is 11.8 Å². The van der Waals surface area contributed by atoms with Crippen LogP contribution in [-0.2, 0) is 4.79 Å². The maximum Gasteiger partial charge on any atom is 0.277 e. The van der Waals surface area contributed by atoms with Crippen LogP contribution in [0.3, 0.4) is 0 Å². The first-order valence-corrected chi connectivity index (χ1v) is 10.5. The Labute approximate surface area is 190 Å². The van der Waals surface area contributed by atoms with E-state index in [2.05, 4.69) is 22.1 Å². The molecule has 166 valence electrons. The molecule has 2 aromatic carbocycles. The lowest BCUT2D eigenvalue weighted by Gasteiger charge is -2.12. The van der Waals surface area contributed by atoms with Crippen LogP contribution in [0.15, 0.2) is 64.8 Å². The molecule has 0 unspecified atom stereocenters. The van der Waals surface area contributed by atoms with Crippen molar-refractivity contribution in [3.05, 3.63) is 60.7 Å². The van der Waals surface area contributed by atoms with Crippen molar-refractivity contribution in [2.45, 2.75) is 5.22 Å². The summed E-state index contributed by atoms with van der Waals surface area (Å²) in [4.78, 5) is 12.6. The molecule has 0 bridgehead atoms. The highest BCUT2D eigenvalue weighted by atomic mass is 32.2. The minimum atomic E-state index is -0.327. The number of hydrogen-bond donors (Lipinski definition) is 1. The summed E-state index contributed by atoms with van der Waals surface area (Å²) >= 11 is 1.38. The molecule has 0 saturated carbocycles. The van der Waals surface area contributed by atoms with Crippen LogP contribution in [0.2, 0.25) is 0 Å². The Morgan fingerprint density at radius 1 is 1.12 bits per heavy atom. The van der Waals surface area contributed by atoms with E-state index in [9.17, 15) is 4.79 Å². The molecule has 1 heterocycles. The van der Waals surface area contributed by atoms with E-state index < -0.39 is 0 Å². The van der Waals surface area contributed by atoms with Gasteiger partial charge in [-0.2, -0.15) is 0 Å². The van der Waals surface area contributed by atoms with Gasteiger partial charge in [0.1, 0.15) is 0 Å². The highest BCUT2D eigenvalue weighted by Crippen LogP contribution is 2.38. The van der Waals surface area contributed by atoms with Gasteiger partial charge in [-0.3, -0.25) is 4.79 Å². The molecule has 1 N–H and O–H groups in total. The van der Waals surface area contributed by atoms with Crippen molar-refractivity contribution >= 4 is 29.4 Å². The second-order valence-corrected chi connectivity index (χ2v) is 7.27. The van der Waals surface area contributed by atoms with Crippen molar-refractivity contribution in [2.75, 3.05) is 32.4 Å². The van der Waals surface area contributed by atoms with Gasteiger partial charge in [0, 0.05) is 11.8 Å². The number of carbonyl (C=O) groups excluding carboxylic acids is 1. The number of para-hydroxylation sites is 1. The summed E-state index contributed by atoms with van der Waals surface area (Å²) in [5.74, 6) is 2.13. The predicted molar refractivity (Wildman–Crippen MR) is 124 cm³/mol. The number of anilines is 1. The minimum absolute atomic E-state index is 0.320. The van der Waals surface area contributed by atoms with Gasteiger partial charge in [-0.05, 0) is 35.9 Å². The maximum atomic E-state index is 12.6. The van der Waals surface area contributed by atoms with Crippen molar-refractivity contribution in [3.8, 4) is 28.7 Å². The van der Waals surface area contributed by atoms with Gasteiger partial charge < -0.3 is 23.9 Å². The fourth-order valence-electron chi connectivity index (χ4n) is 2.83. The largest absolute Gasteiger partial charge is 0.493 e. The quantitative estimate of drug-likeness (QED) is 0.268. The number of ether oxygens (including phenoxy) is 3. The lowest BCUT2D eigenvalue weighted by atomic mass is 10.1. The Hall–Kier alpha value is -3.72. The van der Waals surface area contributed by atoms with E-state index in [4.69, 9.17) is 18.6 Å². The SMILES string of the molecule is C=CCSc1nnc(-c2ccccc2NC(=O)C=Cc2cc(OC)c(OC)c(OC)c2)o1. The molecular weight excluding hydrogens is 430 g/mol. The third-order valence-corrected chi connectivity index (χ3v) is 5.07. The average Bonchev–Trinajstić information content (AvgIpc) is 3.29. The summed E-state index contributed by atoms with van der Waals surface area (Å²) in [7, 11) is 4.60. The first kappa shape index (κ1) is 23.0. The first-order valence-electron chi connectivity index (χ1n) is 9.55. The molecule has 0 aliphatic rings. The van der Waals surface area contributed by atoms with Crippen molar-refractivity contribution in [3.63, 3.8) is 0 Å². The second kappa shape index (κ2) is 11.1. The Balaban J connectivity index is 1.78. The second-order valence-electron chi connectivity index (χ2n) is 6.30. The number of hydrogen-bond acceptors (Lipinski definition) is 8. The zero-order valence-electron chi connectivity index (χ0n) is 18.0. The van der Waals surface area contributed by atoms with Gasteiger partial charge in [-0.15, -0.1) is 16.8 Å². The molecular formula is C23H23N3O5S. The monoisotopic (exact) mass is 453 g/mol. The Morgan fingerprint density at radius 2 is 1.84 bits per heavy atom. The third kappa shape index (κ3) is 5.50. The van der Waals surface area contributed by atoms with E-state index in [1.165, 1.54) is 39.2 Å². The molecule has 0 aliphatic heterocycles. The van der Waals surface area contributed by atoms with Crippen molar-refractivity contribution in [2.24, 2.45) is 0 Å². The van der Waals surface area contributed by atoms with E-state index in [-0.39, 0.29) is 5.91 Å². The number of aromatic nitrogens is 2. The summed E-state index contributed by atoms with van der Waals surface area (Å²) < 4.78 is 21.7. The molecule has 8 nitrogen and oxygen atoms in total. The summed E-state index contributed by atoms with van der Waals surface area (Å²) in [6.07, 6.45) is 4.82. The van der Waals surface area contributed by atoms with E-state index >= 15 is 0 Å². The normalized spacial score (nSPS) is 10.7. The lowest BCUT2D eigenvalue weighted by Crippen LogP contribution is -2.08. The van der Waals surface area contributed by atoms with E-state index in [0.29, 0.717) is 50.9 Å². The highest BCUT2D eigenvalue weighted by Gasteiger charge is 2.15. The standard InChI is InChI=1S/C23H23N3O5S/c1-5-12-32-23-26-25-22(31-23)16-8-6-7-9-17(16)24-20(27)11-10-15-13-18(28-2)21(30-4)19(14-15)29-3/h5-11,13-14H,1,12H2,2-4H3,(H,24,27). The zero-order valence-corrected chi connectivity index (χ0v) is 18.8. The van der Waals surface area contributed by atoms with Gasteiger partial charge in [-0.1, -0.05) is 30.0 Å². The molecule has 9 heteroatoms. The molecule has 0 fully saturated rings. The molecule has 1 amide bonds. The molecule has 3 aromatic rings. The smallest absolute Gasteiger partial charge is 0.277 e. The van der Waals surface area contributed by atoms with Gasteiger partial charge in [0.15, 0.2) is 11.5 Å². The van der Waals surface area contributed by atoms with Crippen LogP contribution in [0.5, 0.6) is 17.2 Å². The van der Waals surface area contributed by atoms with E-state index in [1.807, 2.05) is 12.1 Å². The van der Waals surface area contributed by atoms with Gasteiger partial charge in [0.2, 0.25) is 11.7 Å². The summed E-state index contributed by atoms with van der Waals surface area (Å²) in [5, 5.41) is 11.4. The molecule has 3 rings (SSSR count). The van der Waals surface area contributed by atoms with Crippen molar-refractivity contribution < 1.29 is 23.4 Å². The van der Waals surface area contributed by atoms with Gasteiger partial charge in [0.25, 0.3) is 11.1 Å². The number of amides is 1. The summed E-state index contributed by atoms with van der Waals surface area (Å²) in [5.41, 5.74) is 1.89. The van der Waals surface area contributed by atoms with E-state index in [0.717, 1.165) is 0 Å². The van der Waals surface area contributed by atoms with Crippen LogP contribution in [0.25, 0.3) is 17.5 Å². The van der Waals surface area contributed by atoms with Gasteiger partial charge >= 0.3 is 0 Å². The molecule has 1 aromatic heterocycles. The zero-order chi connectivity index (χ0) is 22.9. The number of nitrogens with one attached hydrogen (secondary N) is 1. The molecule has 32 heavy (non-hydrogen) atoms. The molecule has 0 aliphatic carbocycles. The predicted octanol–water partition coefficient (Wildman–Crippen LogP) is 4.69. The van der Waals surface area contributed by atoms with Crippen molar-refractivity contribution in [1.29, 1.82) is 0 Å². The Kier molecular flexibility index (Phi) is 7.93. The van der Waals surface area contributed by atoms with Gasteiger partial charge in [-0.25, -0.2) is 0 Å². The highest BCUT2D eigenvalue weighted by molar-refractivity contribution is 7.99. The number of nitrogens with zero attached hydrogens (tertiary/aromatic N) is 2. The van der Waals surface area contributed by atoms with Crippen molar-refractivity contribution in [1.82, 2.24) is 10.2 Å². The Bertz CT molecular complexity index is 1100. The fraction of sp³-hybridized carbons (Fsp3) is 0.174. The van der Waals surface area contributed by atoms with Crippen LogP contribution in [0.4, 0.5) is 5.69 Å².